The first kappa shape index (κ1) is 14.6. The molecule has 0 radical (unpaired) electrons. The molecule has 19 heavy (non-hydrogen) atoms. The second-order valence-electron chi connectivity index (χ2n) is 5.91. The molecule has 1 aliphatic heterocycles. The van der Waals surface area contributed by atoms with Gasteiger partial charge in [-0.15, -0.1) is 0 Å². The fraction of sp³-hybridized carbons (Fsp3) is 0.667. The van der Waals surface area contributed by atoms with Gasteiger partial charge >= 0.3 is 0 Å². The summed E-state index contributed by atoms with van der Waals surface area (Å²) >= 11 is 6.16. The van der Waals surface area contributed by atoms with Gasteiger partial charge in [0, 0.05) is 31.9 Å². The van der Waals surface area contributed by atoms with Crippen molar-refractivity contribution < 1.29 is 0 Å². The summed E-state index contributed by atoms with van der Waals surface area (Å²) in [5, 5.41) is 4.16. The lowest BCUT2D eigenvalue weighted by Crippen LogP contribution is -2.40. The summed E-state index contributed by atoms with van der Waals surface area (Å²) < 4.78 is 0. The summed E-state index contributed by atoms with van der Waals surface area (Å²) in [5.74, 6) is 0.750. The van der Waals surface area contributed by atoms with Crippen LogP contribution >= 0.6 is 11.6 Å². The molecule has 106 valence electrons. The number of halogens is 1. The first-order chi connectivity index (χ1) is 9.06. The van der Waals surface area contributed by atoms with Gasteiger partial charge in [0.25, 0.3) is 0 Å². The van der Waals surface area contributed by atoms with Gasteiger partial charge in [0.15, 0.2) is 5.15 Å². The first-order valence-corrected chi connectivity index (χ1v) is 7.54. The number of likely N-dealkylation sites (tertiary alicyclic amines) is 1. The number of hydrogen-bond acceptors (Lipinski definition) is 3. The van der Waals surface area contributed by atoms with Gasteiger partial charge in [-0.3, -0.25) is 0 Å². The third kappa shape index (κ3) is 4.08. The topological polar surface area (TPSA) is 28.2 Å². The Morgan fingerprint density at radius 3 is 2.68 bits per heavy atom. The van der Waals surface area contributed by atoms with Crippen molar-refractivity contribution in [3.05, 3.63) is 23.0 Å². The first-order valence-electron chi connectivity index (χ1n) is 7.16. The van der Waals surface area contributed by atoms with Crippen molar-refractivity contribution in [2.45, 2.75) is 39.7 Å². The second kappa shape index (κ2) is 6.58. The van der Waals surface area contributed by atoms with Gasteiger partial charge in [-0.2, -0.15) is 0 Å². The van der Waals surface area contributed by atoms with Crippen molar-refractivity contribution in [3.63, 3.8) is 0 Å². The molecule has 0 saturated carbocycles. The van der Waals surface area contributed by atoms with Crippen LogP contribution in [-0.4, -0.2) is 35.6 Å². The predicted molar refractivity (Wildman–Crippen MR) is 81.9 cm³/mol. The van der Waals surface area contributed by atoms with Crippen LogP contribution in [-0.2, 0) is 0 Å². The van der Waals surface area contributed by atoms with Crippen LogP contribution in [0.3, 0.4) is 0 Å². The minimum absolute atomic E-state index is 0.517. The van der Waals surface area contributed by atoms with E-state index in [9.17, 15) is 0 Å². The monoisotopic (exact) mass is 281 g/mol. The van der Waals surface area contributed by atoms with Crippen LogP contribution in [0.1, 0.15) is 32.3 Å². The largest absolute Gasteiger partial charge is 0.380 e. The number of rotatable bonds is 4. The molecule has 2 heterocycles. The highest BCUT2D eigenvalue weighted by Crippen LogP contribution is 2.26. The zero-order valence-electron chi connectivity index (χ0n) is 12.1. The van der Waals surface area contributed by atoms with Crippen LogP contribution in [0.15, 0.2) is 12.3 Å². The Balaban J connectivity index is 1.89. The van der Waals surface area contributed by atoms with Gasteiger partial charge in [0.1, 0.15) is 0 Å². The molecule has 0 amide bonds. The van der Waals surface area contributed by atoms with Gasteiger partial charge in [-0.05, 0) is 37.3 Å². The van der Waals surface area contributed by atoms with Crippen LogP contribution in [0, 0.1) is 12.8 Å². The van der Waals surface area contributed by atoms with Crippen LogP contribution in [0.2, 0.25) is 5.15 Å². The molecule has 1 saturated heterocycles. The summed E-state index contributed by atoms with van der Waals surface area (Å²) in [4.78, 5) is 6.71. The van der Waals surface area contributed by atoms with E-state index in [-0.39, 0.29) is 0 Å². The van der Waals surface area contributed by atoms with Crippen molar-refractivity contribution in [3.8, 4) is 0 Å². The zero-order valence-corrected chi connectivity index (χ0v) is 12.9. The van der Waals surface area contributed by atoms with Gasteiger partial charge in [-0.25, -0.2) is 4.98 Å². The molecule has 0 bridgehead atoms. The molecule has 4 heteroatoms. The molecule has 0 unspecified atom stereocenters. The minimum atomic E-state index is 0.517. The van der Waals surface area contributed by atoms with Crippen LogP contribution in [0.5, 0.6) is 0 Å². The Morgan fingerprint density at radius 2 is 2.11 bits per heavy atom. The van der Waals surface area contributed by atoms with E-state index in [1.165, 1.54) is 38.0 Å². The standard InChI is InChI=1S/C15H24ClN3/c1-11(2)10-19-8-5-13(6-9-19)18-14-12(3)4-7-17-15(14)16/h4,7,11,13,18H,5-6,8-10H2,1-3H3. The Labute approximate surface area is 121 Å². The Morgan fingerprint density at radius 1 is 1.42 bits per heavy atom. The molecule has 1 aromatic rings. The maximum Gasteiger partial charge on any atom is 0.152 e. The highest BCUT2D eigenvalue weighted by molar-refractivity contribution is 6.32. The summed E-state index contributed by atoms with van der Waals surface area (Å²) in [7, 11) is 0. The molecule has 1 aromatic heterocycles. The lowest BCUT2D eigenvalue weighted by atomic mass is 10.0. The average Bonchev–Trinajstić information content (AvgIpc) is 2.35. The number of pyridine rings is 1. The second-order valence-corrected chi connectivity index (χ2v) is 6.26. The maximum atomic E-state index is 6.16. The summed E-state index contributed by atoms with van der Waals surface area (Å²) in [5.41, 5.74) is 2.18. The molecule has 0 spiro atoms. The average molecular weight is 282 g/mol. The molecule has 3 nitrogen and oxygen atoms in total. The normalized spacial score (nSPS) is 17.9. The molecule has 1 fully saturated rings. The van der Waals surface area contributed by atoms with E-state index in [0.29, 0.717) is 11.2 Å². The predicted octanol–water partition coefficient (Wildman–Crippen LogP) is 3.58. The van der Waals surface area contributed by atoms with E-state index in [0.717, 1.165) is 11.6 Å². The van der Waals surface area contributed by atoms with E-state index in [1.807, 2.05) is 6.07 Å². The molecular weight excluding hydrogens is 258 g/mol. The Bertz CT molecular complexity index is 392. The quantitative estimate of drug-likeness (QED) is 0.855. The summed E-state index contributed by atoms with van der Waals surface area (Å²) in [6, 6.07) is 2.52. The lowest BCUT2D eigenvalue weighted by Gasteiger charge is -2.34. The molecular formula is C15H24ClN3. The molecule has 0 aliphatic carbocycles. The Kier molecular flexibility index (Phi) is 5.06. The molecule has 1 N–H and O–H groups in total. The van der Waals surface area contributed by atoms with Crippen molar-refractivity contribution in [1.82, 2.24) is 9.88 Å². The van der Waals surface area contributed by atoms with Crippen LogP contribution in [0.4, 0.5) is 5.69 Å². The molecule has 1 aliphatic rings. The smallest absolute Gasteiger partial charge is 0.152 e. The van der Waals surface area contributed by atoms with Crippen molar-refractivity contribution in [1.29, 1.82) is 0 Å². The van der Waals surface area contributed by atoms with Crippen molar-refractivity contribution >= 4 is 17.3 Å². The van der Waals surface area contributed by atoms with Crippen LogP contribution in [0.25, 0.3) is 0 Å². The van der Waals surface area contributed by atoms with Crippen molar-refractivity contribution in [2.24, 2.45) is 5.92 Å². The number of anilines is 1. The summed E-state index contributed by atoms with van der Waals surface area (Å²) in [6.07, 6.45) is 4.11. The lowest BCUT2D eigenvalue weighted by molar-refractivity contribution is 0.198. The fourth-order valence-corrected chi connectivity index (χ4v) is 2.94. The number of piperidine rings is 1. The molecule has 0 atom stereocenters. The third-order valence-electron chi connectivity index (χ3n) is 3.67. The number of nitrogens with one attached hydrogen (secondary N) is 1. The van der Waals surface area contributed by atoms with Crippen molar-refractivity contribution in [2.75, 3.05) is 25.0 Å². The van der Waals surface area contributed by atoms with Gasteiger partial charge in [-0.1, -0.05) is 25.4 Å². The van der Waals surface area contributed by atoms with Crippen LogP contribution < -0.4 is 5.32 Å². The van der Waals surface area contributed by atoms with Gasteiger partial charge in [0.2, 0.25) is 0 Å². The number of aryl methyl sites for hydroxylation is 1. The number of nitrogens with zero attached hydrogens (tertiary/aromatic N) is 2. The van der Waals surface area contributed by atoms with E-state index in [1.54, 1.807) is 6.20 Å². The zero-order chi connectivity index (χ0) is 13.8. The highest BCUT2D eigenvalue weighted by atomic mass is 35.5. The summed E-state index contributed by atoms with van der Waals surface area (Å²) in [6.45, 7) is 10.2. The van der Waals surface area contributed by atoms with E-state index >= 15 is 0 Å². The highest BCUT2D eigenvalue weighted by Gasteiger charge is 2.20. The SMILES string of the molecule is Cc1ccnc(Cl)c1NC1CCN(CC(C)C)CC1. The number of aromatic nitrogens is 1. The van der Waals surface area contributed by atoms with E-state index in [4.69, 9.17) is 11.6 Å². The maximum absolute atomic E-state index is 6.16. The molecule has 0 aromatic carbocycles. The minimum Gasteiger partial charge on any atom is -0.380 e. The van der Waals surface area contributed by atoms with E-state index < -0.39 is 0 Å². The number of hydrogen-bond donors (Lipinski definition) is 1. The molecule has 2 rings (SSSR count). The van der Waals surface area contributed by atoms with E-state index in [2.05, 4.69) is 36.0 Å². The van der Waals surface area contributed by atoms with Gasteiger partial charge < -0.3 is 10.2 Å². The van der Waals surface area contributed by atoms with Gasteiger partial charge in [0.05, 0.1) is 5.69 Å². The fourth-order valence-electron chi connectivity index (χ4n) is 2.68. The Hall–Kier alpha value is -0.800. The third-order valence-corrected chi connectivity index (χ3v) is 3.96.